The Morgan fingerprint density at radius 2 is 2.12 bits per heavy atom. The first-order chi connectivity index (χ1) is 11.3. The lowest BCUT2D eigenvalue weighted by Gasteiger charge is -2.29. The van der Waals surface area contributed by atoms with Crippen molar-refractivity contribution in [1.29, 1.82) is 0 Å². The number of halogens is 5. The standard InChI is InChI=1S/C14H12Cl5N3O2/c15-7-14(18,19)13(22-4-3-20-8-22)21-12(23)6-24-11-2-1-9(16)5-10(11)17/h1-5,8,13H,6-7H2,(H,21,23). The minimum Gasteiger partial charge on any atom is -0.482 e. The molecule has 0 aliphatic carbocycles. The molecule has 1 atom stereocenters. The third-order valence-corrected chi connectivity index (χ3v) is 4.86. The van der Waals surface area contributed by atoms with Gasteiger partial charge < -0.3 is 14.6 Å². The first-order valence-electron chi connectivity index (χ1n) is 6.62. The van der Waals surface area contributed by atoms with Crippen molar-refractivity contribution < 1.29 is 9.53 Å². The normalized spacial score (nSPS) is 12.7. The smallest absolute Gasteiger partial charge is 0.259 e. The van der Waals surface area contributed by atoms with Gasteiger partial charge in [0.25, 0.3) is 5.91 Å². The Kier molecular flexibility index (Phi) is 6.89. The number of carbonyl (C=O) groups excluding carboxylic acids is 1. The molecule has 2 rings (SSSR count). The molecule has 10 heteroatoms. The number of aromatic nitrogens is 2. The fourth-order valence-corrected chi connectivity index (χ4v) is 2.77. The van der Waals surface area contributed by atoms with Crippen molar-refractivity contribution in [3.8, 4) is 5.75 Å². The van der Waals surface area contributed by atoms with Gasteiger partial charge in [-0.2, -0.15) is 0 Å². The number of imidazole rings is 1. The lowest BCUT2D eigenvalue weighted by molar-refractivity contribution is -0.124. The number of carbonyl (C=O) groups is 1. The van der Waals surface area contributed by atoms with Crippen LogP contribution in [0.3, 0.4) is 0 Å². The van der Waals surface area contributed by atoms with Gasteiger partial charge in [0.15, 0.2) is 10.9 Å². The molecular weight excluding hydrogens is 419 g/mol. The minimum absolute atomic E-state index is 0.108. The zero-order chi connectivity index (χ0) is 17.7. The number of hydrogen-bond acceptors (Lipinski definition) is 3. The number of amides is 1. The summed E-state index contributed by atoms with van der Waals surface area (Å²) in [5.41, 5.74) is 0. The number of ether oxygens (including phenoxy) is 1. The molecular formula is C14H12Cl5N3O2. The molecule has 0 saturated carbocycles. The van der Waals surface area contributed by atoms with Crippen molar-refractivity contribution in [1.82, 2.24) is 14.9 Å². The van der Waals surface area contributed by atoms with Crippen LogP contribution in [-0.2, 0) is 4.79 Å². The maximum atomic E-state index is 12.2. The monoisotopic (exact) mass is 429 g/mol. The molecule has 130 valence electrons. The summed E-state index contributed by atoms with van der Waals surface area (Å²) < 4.78 is 5.47. The van der Waals surface area contributed by atoms with Crippen molar-refractivity contribution in [2.75, 3.05) is 12.5 Å². The van der Waals surface area contributed by atoms with E-state index in [0.717, 1.165) is 0 Å². The summed E-state index contributed by atoms with van der Waals surface area (Å²) in [5.74, 6) is -0.241. The van der Waals surface area contributed by atoms with Crippen LogP contribution in [0.25, 0.3) is 0 Å². The molecule has 1 heterocycles. The van der Waals surface area contributed by atoms with Crippen LogP contribution >= 0.6 is 58.0 Å². The Bertz CT molecular complexity index is 694. The molecule has 0 radical (unpaired) electrons. The van der Waals surface area contributed by atoms with Crippen LogP contribution in [0.4, 0.5) is 0 Å². The lowest BCUT2D eigenvalue weighted by Crippen LogP contribution is -2.45. The van der Waals surface area contributed by atoms with Gasteiger partial charge in [-0.05, 0) is 18.2 Å². The molecule has 0 saturated heterocycles. The second kappa shape index (κ2) is 8.50. The average Bonchev–Trinajstić information content (AvgIpc) is 3.05. The van der Waals surface area contributed by atoms with Gasteiger partial charge in [-0.1, -0.05) is 46.4 Å². The number of hydrogen-bond donors (Lipinski definition) is 1. The first-order valence-corrected chi connectivity index (χ1v) is 8.66. The Morgan fingerprint density at radius 1 is 1.38 bits per heavy atom. The number of nitrogens with one attached hydrogen (secondary N) is 1. The van der Waals surface area contributed by atoms with Crippen LogP contribution in [-0.4, -0.2) is 32.3 Å². The van der Waals surface area contributed by atoms with E-state index >= 15 is 0 Å². The second-order valence-corrected chi connectivity index (χ2v) is 7.39. The molecule has 0 bridgehead atoms. The van der Waals surface area contributed by atoms with E-state index in [9.17, 15) is 4.79 Å². The molecule has 24 heavy (non-hydrogen) atoms. The van der Waals surface area contributed by atoms with E-state index in [-0.39, 0.29) is 12.5 Å². The van der Waals surface area contributed by atoms with Crippen molar-refractivity contribution in [3.05, 3.63) is 47.0 Å². The largest absolute Gasteiger partial charge is 0.482 e. The molecule has 0 aliphatic rings. The van der Waals surface area contributed by atoms with Crippen molar-refractivity contribution in [2.45, 2.75) is 10.5 Å². The summed E-state index contributed by atoms with van der Waals surface area (Å²) in [6.45, 7) is -0.293. The maximum Gasteiger partial charge on any atom is 0.259 e. The molecule has 2 aromatic rings. The number of nitrogens with zero attached hydrogens (tertiary/aromatic N) is 2. The van der Waals surface area contributed by atoms with Gasteiger partial charge in [-0.25, -0.2) is 4.98 Å². The molecule has 1 aromatic carbocycles. The van der Waals surface area contributed by atoms with Crippen LogP contribution in [0.1, 0.15) is 6.17 Å². The van der Waals surface area contributed by atoms with E-state index in [1.165, 1.54) is 23.2 Å². The predicted octanol–water partition coefficient (Wildman–Crippen LogP) is 4.30. The molecule has 0 spiro atoms. The summed E-state index contributed by atoms with van der Waals surface area (Å²) in [7, 11) is 0. The van der Waals surface area contributed by atoms with E-state index in [1.807, 2.05) is 0 Å². The topological polar surface area (TPSA) is 56.1 Å². The zero-order valence-electron chi connectivity index (χ0n) is 12.1. The summed E-state index contributed by atoms with van der Waals surface area (Å²) in [6.07, 6.45) is 3.78. The zero-order valence-corrected chi connectivity index (χ0v) is 15.8. The highest BCUT2D eigenvalue weighted by Gasteiger charge is 2.36. The van der Waals surface area contributed by atoms with Crippen molar-refractivity contribution in [2.24, 2.45) is 0 Å². The van der Waals surface area contributed by atoms with Gasteiger partial charge in [0, 0.05) is 17.4 Å². The molecule has 1 amide bonds. The molecule has 5 nitrogen and oxygen atoms in total. The number of benzene rings is 1. The Balaban J connectivity index is 2.03. The van der Waals surface area contributed by atoms with Gasteiger partial charge in [-0.3, -0.25) is 4.79 Å². The van der Waals surface area contributed by atoms with Crippen LogP contribution in [0.15, 0.2) is 36.9 Å². The van der Waals surface area contributed by atoms with Gasteiger partial charge in [0.1, 0.15) is 11.9 Å². The molecule has 1 unspecified atom stereocenters. The molecule has 1 N–H and O–H groups in total. The Morgan fingerprint density at radius 3 is 2.71 bits per heavy atom. The quantitative estimate of drug-likeness (QED) is 0.665. The summed E-state index contributed by atoms with van der Waals surface area (Å²) in [5, 5.41) is 3.42. The van der Waals surface area contributed by atoms with Gasteiger partial charge in [-0.15, -0.1) is 11.6 Å². The second-order valence-electron chi connectivity index (χ2n) is 4.74. The van der Waals surface area contributed by atoms with Crippen molar-refractivity contribution >= 4 is 63.9 Å². The number of alkyl halides is 3. The van der Waals surface area contributed by atoms with Crippen molar-refractivity contribution in [3.63, 3.8) is 0 Å². The lowest BCUT2D eigenvalue weighted by atomic mass is 10.3. The van der Waals surface area contributed by atoms with E-state index < -0.39 is 16.4 Å². The van der Waals surface area contributed by atoms with Crippen LogP contribution in [0.5, 0.6) is 5.75 Å². The van der Waals surface area contributed by atoms with Gasteiger partial charge >= 0.3 is 0 Å². The predicted molar refractivity (Wildman–Crippen MR) is 96.5 cm³/mol. The van der Waals surface area contributed by atoms with Gasteiger partial charge in [0.05, 0.1) is 17.2 Å². The third-order valence-electron chi connectivity index (χ3n) is 2.95. The van der Waals surface area contributed by atoms with E-state index in [0.29, 0.717) is 15.8 Å². The maximum absolute atomic E-state index is 12.2. The third kappa shape index (κ3) is 5.07. The Labute approximate surface area is 163 Å². The number of rotatable bonds is 7. The fraction of sp³-hybridized carbons (Fsp3) is 0.286. The van der Waals surface area contributed by atoms with Crippen LogP contribution < -0.4 is 10.1 Å². The summed E-state index contributed by atoms with van der Waals surface area (Å²) in [6, 6.07) is 4.68. The molecule has 0 aliphatic heterocycles. The van der Waals surface area contributed by atoms with E-state index in [4.69, 9.17) is 62.7 Å². The fourth-order valence-electron chi connectivity index (χ4n) is 1.82. The summed E-state index contributed by atoms with van der Waals surface area (Å²) >= 11 is 29.9. The first kappa shape index (κ1) is 19.5. The van der Waals surface area contributed by atoms with E-state index in [2.05, 4.69) is 10.3 Å². The Hall–Kier alpha value is -0.850. The molecule has 1 aromatic heterocycles. The highest BCUT2D eigenvalue weighted by Crippen LogP contribution is 2.33. The SMILES string of the molecule is O=C(COc1ccc(Cl)cc1Cl)NC(n1ccnc1)C(Cl)(Cl)CCl. The van der Waals surface area contributed by atoms with Gasteiger partial charge in [0.2, 0.25) is 0 Å². The van der Waals surface area contributed by atoms with Crippen LogP contribution in [0, 0.1) is 0 Å². The van der Waals surface area contributed by atoms with Crippen LogP contribution in [0.2, 0.25) is 10.0 Å². The van der Waals surface area contributed by atoms with E-state index in [1.54, 1.807) is 18.3 Å². The average molecular weight is 432 g/mol. The minimum atomic E-state index is -1.43. The highest BCUT2D eigenvalue weighted by molar-refractivity contribution is 6.51. The highest BCUT2D eigenvalue weighted by atomic mass is 35.5. The summed E-state index contributed by atoms with van der Waals surface area (Å²) in [4.78, 5) is 16.1. The molecule has 0 fully saturated rings.